The van der Waals surface area contributed by atoms with Crippen LogP contribution in [0.1, 0.15) is 32.2 Å². The number of aromatic amines is 1. The zero-order chi connectivity index (χ0) is 23.9. The summed E-state index contributed by atoms with van der Waals surface area (Å²) in [6.07, 6.45) is 2.89. The first-order chi connectivity index (χ1) is 16.3. The SMILES string of the molecule is CC(C)(C)CNCCn1c(Cc2cc3nc[nH]c3cc2-c2ccco2)nc2c(N)nc(F)nc21. The molecule has 10 heteroatoms. The van der Waals surface area contributed by atoms with Gasteiger partial charge in [-0.15, -0.1) is 0 Å². The summed E-state index contributed by atoms with van der Waals surface area (Å²) in [4.78, 5) is 20.0. The Morgan fingerprint density at radius 2 is 2.06 bits per heavy atom. The molecule has 0 fully saturated rings. The third-order valence-electron chi connectivity index (χ3n) is 5.62. The first kappa shape index (κ1) is 22.0. The second kappa shape index (κ2) is 8.53. The quantitative estimate of drug-likeness (QED) is 0.247. The Hall–Kier alpha value is -3.79. The van der Waals surface area contributed by atoms with Crippen molar-refractivity contribution in [3.05, 3.63) is 54.3 Å². The number of rotatable bonds is 7. The van der Waals surface area contributed by atoms with Crippen molar-refractivity contribution in [2.45, 2.75) is 33.7 Å². The molecular formula is C24H27FN8O. The molecule has 4 aromatic heterocycles. The van der Waals surface area contributed by atoms with Gasteiger partial charge < -0.3 is 25.0 Å². The van der Waals surface area contributed by atoms with Gasteiger partial charge in [0.05, 0.1) is 23.6 Å². The molecule has 4 N–H and O–H groups in total. The molecule has 0 spiro atoms. The predicted molar refractivity (Wildman–Crippen MR) is 129 cm³/mol. The van der Waals surface area contributed by atoms with Crippen LogP contribution >= 0.6 is 0 Å². The van der Waals surface area contributed by atoms with E-state index in [1.165, 1.54) is 0 Å². The largest absolute Gasteiger partial charge is 0.464 e. The summed E-state index contributed by atoms with van der Waals surface area (Å²) in [6.45, 7) is 8.58. The van der Waals surface area contributed by atoms with Crippen LogP contribution in [0.4, 0.5) is 10.2 Å². The van der Waals surface area contributed by atoms with E-state index in [0.717, 1.165) is 34.5 Å². The molecule has 0 amide bonds. The number of anilines is 1. The van der Waals surface area contributed by atoms with Crippen molar-refractivity contribution in [1.29, 1.82) is 0 Å². The third kappa shape index (κ3) is 4.36. The van der Waals surface area contributed by atoms with Gasteiger partial charge in [-0.25, -0.2) is 9.97 Å². The molecule has 176 valence electrons. The zero-order valence-corrected chi connectivity index (χ0v) is 19.4. The van der Waals surface area contributed by atoms with E-state index in [0.29, 0.717) is 36.5 Å². The molecule has 34 heavy (non-hydrogen) atoms. The van der Waals surface area contributed by atoms with Gasteiger partial charge in [-0.05, 0) is 35.2 Å². The molecule has 9 nitrogen and oxygen atoms in total. The minimum absolute atomic E-state index is 0.0270. The Morgan fingerprint density at radius 3 is 2.82 bits per heavy atom. The number of nitrogen functional groups attached to an aromatic ring is 1. The molecule has 5 aromatic rings. The normalized spacial score (nSPS) is 12.2. The summed E-state index contributed by atoms with van der Waals surface area (Å²) in [5, 5.41) is 3.46. The molecule has 0 unspecified atom stereocenters. The number of furan rings is 1. The van der Waals surface area contributed by atoms with Crippen molar-refractivity contribution in [3.8, 4) is 11.3 Å². The van der Waals surface area contributed by atoms with E-state index in [9.17, 15) is 4.39 Å². The maximum absolute atomic E-state index is 14.1. The summed E-state index contributed by atoms with van der Waals surface area (Å²) in [6, 6.07) is 7.80. The van der Waals surface area contributed by atoms with Crippen LogP contribution in [0, 0.1) is 11.5 Å². The number of benzene rings is 1. The van der Waals surface area contributed by atoms with Crippen molar-refractivity contribution in [1.82, 2.24) is 34.8 Å². The van der Waals surface area contributed by atoms with Gasteiger partial charge in [-0.1, -0.05) is 20.8 Å². The molecule has 0 atom stereocenters. The van der Waals surface area contributed by atoms with Gasteiger partial charge in [-0.2, -0.15) is 14.4 Å². The highest BCUT2D eigenvalue weighted by Crippen LogP contribution is 2.30. The smallest absolute Gasteiger partial charge is 0.312 e. The highest BCUT2D eigenvalue weighted by Gasteiger charge is 2.20. The molecule has 0 aliphatic carbocycles. The van der Waals surface area contributed by atoms with E-state index in [-0.39, 0.29) is 11.2 Å². The van der Waals surface area contributed by atoms with Crippen LogP contribution in [0.25, 0.3) is 33.5 Å². The maximum Gasteiger partial charge on any atom is 0.312 e. The van der Waals surface area contributed by atoms with Gasteiger partial charge in [0.2, 0.25) is 0 Å². The van der Waals surface area contributed by atoms with Crippen LogP contribution in [0.2, 0.25) is 0 Å². The van der Waals surface area contributed by atoms with Crippen molar-refractivity contribution >= 4 is 28.0 Å². The van der Waals surface area contributed by atoms with Gasteiger partial charge in [0.1, 0.15) is 11.6 Å². The lowest BCUT2D eigenvalue weighted by molar-refractivity contribution is 0.375. The highest BCUT2D eigenvalue weighted by atomic mass is 19.1. The second-order valence-corrected chi connectivity index (χ2v) is 9.55. The van der Waals surface area contributed by atoms with Crippen LogP contribution in [-0.2, 0) is 13.0 Å². The molecule has 0 saturated carbocycles. The Kier molecular flexibility index (Phi) is 5.52. The van der Waals surface area contributed by atoms with Gasteiger partial charge in [0.25, 0.3) is 0 Å². The Labute approximate surface area is 195 Å². The van der Waals surface area contributed by atoms with E-state index < -0.39 is 6.08 Å². The van der Waals surface area contributed by atoms with Crippen molar-refractivity contribution in [2.75, 3.05) is 18.8 Å². The van der Waals surface area contributed by atoms with Crippen LogP contribution in [0.15, 0.2) is 41.3 Å². The number of hydrogen-bond donors (Lipinski definition) is 3. The van der Waals surface area contributed by atoms with E-state index in [1.54, 1.807) is 12.6 Å². The van der Waals surface area contributed by atoms with E-state index in [1.807, 2.05) is 28.8 Å². The monoisotopic (exact) mass is 462 g/mol. The van der Waals surface area contributed by atoms with Crippen molar-refractivity contribution < 1.29 is 8.81 Å². The maximum atomic E-state index is 14.1. The number of H-pyrrole nitrogens is 1. The molecular weight excluding hydrogens is 435 g/mol. The number of nitrogens with zero attached hydrogens (tertiary/aromatic N) is 5. The summed E-state index contributed by atoms with van der Waals surface area (Å²) in [7, 11) is 0. The third-order valence-corrected chi connectivity index (χ3v) is 5.62. The average molecular weight is 463 g/mol. The number of imidazole rings is 2. The lowest BCUT2D eigenvalue weighted by Gasteiger charge is -2.19. The molecule has 0 aliphatic rings. The standard InChI is InChI=1S/C24H27FN8O/c1-24(2,3)12-27-6-7-33-19(30-20-21(26)31-23(25)32-22(20)33)10-14-9-16-17(29-13-28-16)11-15(14)18-5-4-8-34-18/h4-5,8-9,11,13,27H,6-7,10,12H2,1-3H3,(H,28,29)(H2,26,31,32). The average Bonchev–Trinajstić information content (AvgIpc) is 3.50. The fraction of sp³-hybridized carbons (Fsp3) is 0.333. The predicted octanol–water partition coefficient (Wildman–Crippen LogP) is 3.91. The first-order valence-electron chi connectivity index (χ1n) is 11.2. The van der Waals surface area contributed by atoms with Crippen LogP contribution in [0.3, 0.4) is 0 Å². The van der Waals surface area contributed by atoms with Crippen LogP contribution in [0.5, 0.6) is 0 Å². The lowest BCUT2D eigenvalue weighted by Crippen LogP contribution is -2.30. The molecule has 0 bridgehead atoms. The van der Waals surface area contributed by atoms with Crippen molar-refractivity contribution in [3.63, 3.8) is 0 Å². The number of halogens is 1. The Morgan fingerprint density at radius 1 is 1.21 bits per heavy atom. The van der Waals surface area contributed by atoms with Crippen LogP contribution < -0.4 is 11.1 Å². The molecule has 0 saturated heterocycles. The summed E-state index contributed by atoms with van der Waals surface area (Å²) in [5.41, 5.74) is 10.6. The zero-order valence-electron chi connectivity index (χ0n) is 19.4. The van der Waals surface area contributed by atoms with E-state index in [4.69, 9.17) is 15.1 Å². The Balaban J connectivity index is 1.56. The summed E-state index contributed by atoms with van der Waals surface area (Å²) in [5.74, 6) is 1.48. The first-order valence-corrected chi connectivity index (χ1v) is 11.2. The van der Waals surface area contributed by atoms with Crippen molar-refractivity contribution in [2.24, 2.45) is 5.41 Å². The molecule has 1 aromatic carbocycles. The minimum atomic E-state index is -0.866. The number of fused-ring (bicyclic) bond motifs is 2. The van der Waals surface area contributed by atoms with Gasteiger partial charge in [0.15, 0.2) is 17.0 Å². The number of nitrogens with two attached hydrogens (primary N) is 1. The summed E-state index contributed by atoms with van der Waals surface area (Å²) >= 11 is 0. The molecule has 0 radical (unpaired) electrons. The van der Waals surface area contributed by atoms with E-state index >= 15 is 0 Å². The van der Waals surface area contributed by atoms with Gasteiger partial charge in [-0.3, -0.25) is 0 Å². The Bertz CT molecular complexity index is 1450. The highest BCUT2D eigenvalue weighted by molar-refractivity contribution is 5.84. The fourth-order valence-corrected chi connectivity index (χ4v) is 4.07. The molecule has 0 aliphatic heterocycles. The second-order valence-electron chi connectivity index (χ2n) is 9.55. The fourth-order valence-electron chi connectivity index (χ4n) is 4.07. The molecule has 5 rings (SSSR count). The lowest BCUT2D eigenvalue weighted by atomic mass is 9.97. The van der Waals surface area contributed by atoms with E-state index in [2.05, 4.69) is 46.0 Å². The minimum Gasteiger partial charge on any atom is -0.464 e. The molecule has 4 heterocycles. The van der Waals surface area contributed by atoms with Crippen LogP contribution in [-0.4, -0.2) is 42.6 Å². The van der Waals surface area contributed by atoms with Gasteiger partial charge >= 0.3 is 6.08 Å². The van der Waals surface area contributed by atoms with Gasteiger partial charge in [0, 0.05) is 31.6 Å². The number of nitrogens with one attached hydrogen (secondary N) is 2. The summed E-state index contributed by atoms with van der Waals surface area (Å²) < 4.78 is 21.7. The number of aromatic nitrogens is 6. The topological polar surface area (TPSA) is 123 Å². The number of hydrogen-bond acceptors (Lipinski definition) is 7.